The van der Waals surface area contributed by atoms with Gasteiger partial charge < -0.3 is 24.1 Å². The highest BCUT2D eigenvalue weighted by atomic mass is 16.5. The van der Waals surface area contributed by atoms with Crippen LogP contribution in [0.1, 0.15) is 23.5 Å². The van der Waals surface area contributed by atoms with Gasteiger partial charge in [0.2, 0.25) is 0 Å². The van der Waals surface area contributed by atoms with E-state index in [1.807, 2.05) is 24.3 Å². The van der Waals surface area contributed by atoms with Crippen LogP contribution in [0, 0.1) is 0 Å². The molecule has 0 saturated carbocycles. The third kappa shape index (κ3) is 3.56. The van der Waals surface area contributed by atoms with E-state index in [4.69, 9.17) is 14.2 Å². The van der Waals surface area contributed by atoms with Crippen LogP contribution in [0.3, 0.4) is 0 Å². The number of hydrogen-bond acceptors (Lipinski definition) is 5. The minimum atomic E-state index is -0.320. The van der Waals surface area contributed by atoms with Crippen molar-refractivity contribution in [3.8, 4) is 23.0 Å². The highest BCUT2D eigenvalue weighted by Crippen LogP contribution is 2.42. The zero-order chi connectivity index (χ0) is 16.8. The fourth-order valence-corrected chi connectivity index (χ4v) is 2.58. The highest BCUT2D eigenvalue weighted by molar-refractivity contribution is 5.60. The number of benzene rings is 2. The van der Waals surface area contributed by atoms with Gasteiger partial charge in [-0.3, -0.25) is 0 Å². The van der Waals surface area contributed by atoms with Crippen LogP contribution < -0.4 is 14.2 Å². The standard InChI is InChI=1S/C18H20O5/c1-21-13-6-4-12(5-7-13)15(8-9-19)18-16(20)10-14(22-2)11-17(18)23-3/h4-7,9-11,15,20H,8H2,1-3H3. The summed E-state index contributed by atoms with van der Waals surface area (Å²) in [5.74, 6) is 1.40. The van der Waals surface area contributed by atoms with Crippen molar-refractivity contribution in [2.75, 3.05) is 21.3 Å². The molecule has 2 aromatic carbocycles. The van der Waals surface area contributed by atoms with Gasteiger partial charge in [0.1, 0.15) is 29.3 Å². The maximum Gasteiger partial charge on any atom is 0.130 e. The first-order valence-electron chi connectivity index (χ1n) is 7.17. The average Bonchev–Trinajstić information content (AvgIpc) is 2.59. The molecule has 2 aromatic rings. The number of hydrogen-bond donors (Lipinski definition) is 1. The van der Waals surface area contributed by atoms with E-state index in [9.17, 15) is 9.90 Å². The van der Waals surface area contributed by atoms with Gasteiger partial charge in [0.25, 0.3) is 0 Å². The number of carbonyl (C=O) groups is 1. The van der Waals surface area contributed by atoms with Crippen molar-refractivity contribution < 1.29 is 24.1 Å². The van der Waals surface area contributed by atoms with E-state index < -0.39 is 0 Å². The molecule has 0 radical (unpaired) electrons. The molecule has 0 aromatic heterocycles. The third-order valence-corrected chi connectivity index (χ3v) is 3.75. The molecular formula is C18H20O5. The van der Waals surface area contributed by atoms with Crippen LogP contribution in [0.2, 0.25) is 0 Å². The maximum absolute atomic E-state index is 11.1. The SMILES string of the molecule is COc1ccc(C(CC=O)c2c(O)cc(OC)cc2OC)cc1. The Morgan fingerprint density at radius 1 is 1.00 bits per heavy atom. The second kappa shape index (κ2) is 7.54. The van der Waals surface area contributed by atoms with E-state index >= 15 is 0 Å². The monoisotopic (exact) mass is 316 g/mol. The number of aldehydes is 1. The summed E-state index contributed by atoms with van der Waals surface area (Å²) < 4.78 is 15.7. The van der Waals surface area contributed by atoms with Gasteiger partial charge in [0.05, 0.1) is 21.3 Å². The molecule has 0 fully saturated rings. The van der Waals surface area contributed by atoms with Crippen molar-refractivity contribution in [3.05, 3.63) is 47.5 Å². The van der Waals surface area contributed by atoms with Gasteiger partial charge in [-0.15, -0.1) is 0 Å². The molecule has 1 unspecified atom stereocenters. The Labute approximate surface area is 135 Å². The smallest absolute Gasteiger partial charge is 0.130 e. The first-order chi connectivity index (χ1) is 11.1. The number of methoxy groups -OCH3 is 3. The predicted molar refractivity (Wildman–Crippen MR) is 86.7 cm³/mol. The number of ether oxygens (including phenoxy) is 3. The van der Waals surface area contributed by atoms with Crippen LogP contribution >= 0.6 is 0 Å². The van der Waals surface area contributed by atoms with Crippen LogP contribution in [0.15, 0.2) is 36.4 Å². The maximum atomic E-state index is 11.1. The van der Waals surface area contributed by atoms with Gasteiger partial charge in [-0.25, -0.2) is 0 Å². The summed E-state index contributed by atoms with van der Waals surface area (Å²) >= 11 is 0. The number of rotatable bonds is 7. The summed E-state index contributed by atoms with van der Waals surface area (Å²) in [4.78, 5) is 11.1. The van der Waals surface area contributed by atoms with Gasteiger partial charge >= 0.3 is 0 Å². The molecule has 0 spiro atoms. The zero-order valence-electron chi connectivity index (χ0n) is 13.4. The van der Waals surface area contributed by atoms with Crippen molar-refractivity contribution in [2.45, 2.75) is 12.3 Å². The molecule has 1 atom stereocenters. The number of aromatic hydroxyl groups is 1. The largest absolute Gasteiger partial charge is 0.507 e. The summed E-state index contributed by atoms with van der Waals surface area (Å²) in [6, 6.07) is 10.6. The third-order valence-electron chi connectivity index (χ3n) is 3.75. The van der Waals surface area contributed by atoms with Crippen molar-refractivity contribution in [1.82, 2.24) is 0 Å². The Morgan fingerprint density at radius 3 is 2.17 bits per heavy atom. The van der Waals surface area contributed by atoms with E-state index in [-0.39, 0.29) is 18.1 Å². The lowest BCUT2D eigenvalue weighted by Gasteiger charge is -2.20. The van der Waals surface area contributed by atoms with E-state index in [1.54, 1.807) is 13.2 Å². The predicted octanol–water partition coefficient (Wildman–Crippen LogP) is 3.14. The van der Waals surface area contributed by atoms with Gasteiger partial charge in [0.15, 0.2) is 0 Å². The summed E-state index contributed by atoms with van der Waals surface area (Å²) in [7, 11) is 4.63. The molecule has 5 heteroatoms. The summed E-state index contributed by atoms with van der Waals surface area (Å²) in [5.41, 5.74) is 1.45. The van der Waals surface area contributed by atoms with E-state index in [1.165, 1.54) is 20.3 Å². The lowest BCUT2D eigenvalue weighted by atomic mass is 9.87. The second-order valence-corrected chi connectivity index (χ2v) is 4.99. The van der Waals surface area contributed by atoms with E-state index in [0.29, 0.717) is 17.1 Å². The molecule has 2 rings (SSSR count). The Kier molecular flexibility index (Phi) is 5.46. The lowest BCUT2D eigenvalue weighted by Crippen LogP contribution is -2.05. The lowest BCUT2D eigenvalue weighted by molar-refractivity contribution is -0.108. The molecule has 23 heavy (non-hydrogen) atoms. The minimum Gasteiger partial charge on any atom is -0.507 e. The molecule has 0 aliphatic heterocycles. The molecule has 1 N–H and O–H groups in total. The Morgan fingerprint density at radius 2 is 1.65 bits per heavy atom. The van der Waals surface area contributed by atoms with Crippen LogP contribution in [0.25, 0.3) is 0 Å². The first kappa shape index (κ1) is 16.7. The van der Waals surface area contributed by atoms with Crippen molar-refractivity contribution in [3.63, 3.8) is 0 Å². The molecule has 0 aliphatic carbocycles. The topological polar surface area (TPSA) is 65.0 Å². The second-order valence-electron chi connectivity index (χ2n) is 4.99. The normalized spacial score (nSPS) is 11.6. The van der Waals surface area contributed by atoms with Crippen molar-refractivity contribution in [1.29, 1.82) is 0 Å². The average molecular weight is 316 g/mol. The molecule has 0 saturated heterocycles. The zero-order valence-corrected chi connectivity index (χ0v) is 13.4. The van der Waals surface area contributed by atoms with Gasteiger partial charge in [-0.2, -0.15) is 0 Å². The highest BCUT2D eigenvalue weighted by Gasteiger charge is 2.23. The number of phenolic OH excluding ortho intramolecular Hbond substituents is 1. The molecule has 5 nitrogen and oxygen atoms in total. The summed E-state index contributed by atoms with van der Waals surface area (Å²) in [6.45, 7) is 0. The fraction of sp³-hybridized carbons (Fsp3) is 0.278. The van der Waals surface area contributed by atoms with Gasteiger partial charge in [-0.1, -0.05) is 12.1 Å². The molecule has 122 valence electrons. The molecular weight excluding hydrogens is 296 g/mol. The minimum absolute atomic E-state index is 0.0314. The van der Waals surface area contributed by atoms with Crippen LogP contribution in [0.4, 0.5) is 0 Å². The fourth-order valence-electron chi connectivity index (χ4n) is 2.58. The van der Waals surface area contributed by atoms with E-state index in [2.05, 4.69) is 0 Å². The summed E-state index contributed by atoms with van der Waals surface area (Å²) in [5, 5.41) is 10.4. The van der Waals surface area contributed by atoms with Gasteiger partial charge in [0, 0.05) is 30.0 Å². The number of phenols is 1. The summed E-state index contributed by atoms with van der Waals surface area (Å²) in [6.07, 6.45) is 1.06. The molecule has 0 aliphatic rings. The Hall–Kier alpha value is -2.69. The van der Waals surface area contributed by atoms with Crippen LogP contribution in [0.5, 0.6) is 23.0 Å². The number of carbonyl (C=O) groups excluding carboxylic acids is 1. The first-order valence-corrected chi connectivity index (χ1v) is 7.17. The quantitative estimate of drug-likeness (QED) is 0.795. The van der Waals surface area contributed by atoms with Crippen LogP contribution in [-0.2, 0) is 4.79 Å². The van der Waals surface area contributed by atoms with E-state index in [0.717, 1.165) is 17.6 Å². The van der Waals surface area contributed by atoms with Crippen molar-refractivity contribution in [2.24, 2.45) is 0 Å². The van der Waals surface area contributed by atoms with Gasteiger partial charge in [-0.05, 0) is 17.7 Å². The Balaban J connectivity index is 2.54. The Bertz CT molecular complexity index is 664. The van der Waals surface area contributed by atoms with Crippen molar-refractivity contribution >= 4 is 6.29 Å². The molecule has 0 heterocycles. The molecule has 0 bridgehead atoms. The van der Waals surface area contributed by atoms with Crippen LogP contribution in [-0.4, -0.2) is 32.7 Å². The molecule has 0 amide bonds.